The average molecular weight is 236 g/mol. The van der Waals surface area contributed by atoms with Crippen LogP contribution in [0.4, 0.5) is 0 Å². The number of rotatable bonds is 6. The number of ether oxygens (including phenoxy) is 2. The molecule has 0 fully saturated rings. The van der Waals surface area contributed by atoms with Gasteiger partial charge in [0.05, 0.1) is 14.2 Å². The van der Waals surface area contributed by atoms with Gasteiger partial charge in [-0.1, -0.05) is 13.0 Å². The number of aryl methyl sites for hydroxylation is 1. The van der Waals surface area contributed by atoms with Gasteiger partial charge in [0.25, 0.3) is 0 Å². The van der Waals surface area contributed by atoms with Crippen LogP contribution in [0.2, 0.25) is 0 Å². The summed E-state index contributed by atoms with van der Waals surface area (Å²) in [7, 11) is 3.29. The van der Waals surface area contributed by atoms with Crippen molar-refractivity contribution >= 4 is 5.78 Å². The summed E-state index contributed by atoms with van der Waals surface area (Å²) in [5, 5.41) is 0. The number of ketones is 1. The molecule has 3 nitrogen and oxygen atoms in total. The summed E-state index contributed by atoms with van der Waals surface area (Å²) in [6.45, 7) is 3.85. The molecule has 0 saturated carbocycles. The molecule has 0 aromatic heterocycles. The molecular formula is C14H20O3. The Balaban J connectivity index is 2.92. The highest BCUT2D eigenvalue weighted by Crippen LogP contribution is 2.31. The molecule has 94 valence electrons. The van der Waals surface area contributed by atoms with Gasteiger partial charge in [-0.2, -0.15) is 0 Å². The van der Waals surface area contributed by atoms with Crippen LogP contribution in [0, 0.1) is 6.92 Å². The molecule has 0 aliphatic heterocycles. The van der Waals surface area contributed by atoms with E-state index in [1.807, 2.05) is 26.0 Å². The van der Waals surface area contributed by atoms with Crippen LogP contribution >= 0.6 is 0 Å². The standard InChI is InChI=1S/C14H20O3/c1-5-12(15)8-6-11-7-9-13(16-3)10(2)14(11)17-4/h7,9H,5-6,8H2,1-4H3. The number of hydrogen-bond acceptors (Lipinski definition) is 3. The molecule has 3 heteroatoms. The lowest BCUT2D eigenvalue weighted by molar-refractivity contribution is -0.118. The van der Waals surface area contributed by atoms with Crippen molar-refractivity contribution in [1.29, 1.82) is 0 Å². The van der Waals surface area contributed by atoms with Crippen LogP contribution in [-0.4, -0.2) is 20.0 Å². The molecule has 0 N–H and O–H groups in total. The van der Waals surface area contributed by atoms with Gasteiger partial charge in [0.1, 0.15) is 17.3 Å². The zero-order valence-electron chi connectivity index (χ0n) is 11.0. The zero-order valence-corrected chi connectivity index (χ0v) is 11.0. The normalized spacial score (nSPS) is 10.1. The fourth-order valence-electron chi connectivity index (χ4n) is 1.88. The van der Waals surface area contributed by atoms with Crippen molar-refractivity contribution in [2.24, 2.45) is 0 Å². The van der Waals surface area contributed by atoms with Gasteiger partial charge in [-0.05, 0) is 25.0 Å². The molecule has 0 saturated heterocycles. The Bertz CT molecular complexity index is 397. The number of hydrogen-bond donors (Lipinski definition) is 0. The molecule has 0 spiro atoms. The summed E-state index contributed by atoms with van der Waals surface area (Å²) >= 11 is 0. The zero-order chi connectivity index (χ0) is 12.8. The predicted molar refractivity (Wildman–Crippen MR) is 67.9 cm³/mol. The topological polar surface area (TPSA) is 35.5 Å². The smallest absolute Gasteiger partial charge is 0.132 e. The molecule has 0 unspecified atom stereocenters. The van der Waals surface area contributed by atoms with Crippen molar-refractivity contribution in [3.63, 3.8) is 0 Å². The van der Waals surface area contributed by atoms with Crippen molar-refractivity contribution in [3.8, 4) is 11.5 Å². The Morgan fingerprint density at radius 2 is 1.94 bits per heavy atom. The summed E-state index contributed by atoms with van der Waals surface area (Å²) < 4.78 is 10.6. The van der Waals surface area contributed by atoms with Gasteiger partial charge in [0.15, 0.2) is 0 Å². The first-order valence-electron chi connectivity index (χ1n) is 5.86. The lowest BCUT2D eigenvalue weighted by Gasteiger charge is -2.14. The van der Waals surface area contributed by atoms with Crippen molar-refractivity contribution in [2.45, 2.75) is 33.1 Å². The van der Waals surface area contributed by atoms with E-state index in [1.54, 1.807) is 14.2 Å². The maximum absolute atomic E-state index is 11.3. The van der Waals surface area contributed by atoms with E-state index in [4.69, 9.17) is 9.47 Å². The SMILES string of the molecule is CCC(=O)CCc1ccc(OC)c(C)c1OC. The molecule has 1 rings (SSSR count). The van der Waals surface area contributed by atoms with Crippen molar-refractivity contribution in [1.82, 2.24) is 0 Å². The minimum atomic E-state index is 0.278. The molecule has 17 heavy (non-hydrogen) atoms. The van der Waals surface area contributed by atoms with Crippen LogP contribution in [0.25, 0.3) is 0 Å². The second-order valence-electron chi connectivity index (χ2n) is 3.98. The number of carbonyl (C=O) groups is 1. The highest BCUT2D eigenvalue weighted by Gasteiger charge is 2.11. The summed E-state index contributed by atoms with van der Waals surface area (Å²) in [4.78, 5) is 11.3. The first-order valence-corrected chi connectivity index (χ1v) is 5.86. The van der Waals surface area contributed by atoms with Crippen LogP contribution in [0.5, 0.6) is 11.5 Å². The van der Waals surface area contributed by atoms with E-state index in [2.05, 4.69) is 0 Å². The molecule has 0 radical (unpaired) electrons. The first-order chi connectivity index (χ1) is 8.13. The summed E-state index contributed by atoms with van der Waals surface area (Å²) in [6.07, 6.45) is 1.89. The van der Waals surface area contributed by atoms with Gasteiger partial charge < -0.3 is 9.47 Å². The maximum Gasteiger partial charge on any atom is 0.132 e. The van der Waals surface area contributed by atoms with Crippen molar-refractivity contribution in [2.75, 3.05) is 14.2 Å². The molecule has 0 aliphatic carbocycles. The van der Waals surface area contributed by atoms with Gasteiger partial charge in [0.2, 0.25) is 0 Å². The molecule has 0 bridgehead atoms. The molecule has 0 atom stereocenters. The number of methoxy groups -OCH3 is 2. The van der Waals surface area contributed by atoms with E-state index in [0.717, 1.165) is 29.0 Å². The Labute approximate surface area is 103 Å². The third-order valence-corrected chi connectivity index (χ3v) is 2.93. The lowest BCUT2D eigenvalue weighted by atomic mass is 10.0. The first kappa shape index (κ1) is 13.6. The van der Waals surface area contributed by atoms with Gasteiger partial charge in [-0.15, -0.1) is 0 Å². The Kier molecular flexibility index (Phi) is 5.01. The Morgan fingerprint density at radius 3 is 2.47 bits per heavy atom. The second kappa shape index (κ2) is 6.28. The fraction of sp³-hybridized carbons (Fsp3) is 0.500. The Hall–Kier alpha value is -1.51. The third kappa shape index (κ3) is 3.22. The van der Waals surface area contributed by atoms with Gasteiger partial charge in [-0.25, -0.2) is 0 Å². The number of carbonyl (C=O) groups excluding carboxylic acids is 1. The van der Waals surface area contributed by atoms with Crippen molar-refractivity contribution < 1.29 is 14.3 Å². The van der Waals surface area contributed by atoms with Crippen LogP contribution in [0.15, 0.2) is 12.1 Å². The highest BCUT2D eigenvalue weighted by atomic mass is 16.5. The van der Waals surface area contributed by atoms with E-state index in [1.165, 1.54) is 0 Å². The van der Waals surface area contributed by atoms with E-state index >= 15 is 0 Å². The van der Waals surface area contributed by atoms with Crippen LogP contribution in [0.1, 0.15) is 30.9 Å². The van der Waals surface area contributed by atoms with Gasteiger partial charge in [0, 0.05) is 18.4 Å². The highest BCUT2D eigenvalue weighted by molar-refractivity contribution is 5.78. The summed E-state index contributed by atoms with van der Waals surface area (Å²) in [5.41, 5.74) is 2.05. The minimum absolute atomic E-state index is 0.278. The maximum atomic E-state index is 11.3. The minimum Gasteiger partial charge on any atom is -0.496 e. The van der Waals surface area contributed by atoms with Crippen LogP contribution in [-0.2, 0) is 11.2 Å². The lowest BCUT2D eigenvalue weighted by Crippen LogP contribution is -2.01. The van der Waals surface area contributed by atoms with Crippen molar-refractivity contribution in [3.05, 3.63) is 23.3 Å². The van der Waals surface area contributed by atoms with Gasteiger partial charge >= 0.3 is 0 Å². The van der Waals surface area contributed by atoms with Crippen LogP contribution < -0.4 is 9.47 Å². The largest absolute Gasteiger partial charge is 0.496 e. The predicted octanol–water partition coefficient (Wildman–Crippen LogP) is 2.92. The summed E-state index contributed by atoms with van der Waals surface area (Å²) in [6, 6.07) is 3.89. The average Bonchev–Trinajstić information content (AvgIpc) is 2.35. The quantitative estimate of drug-likeness (QED) is 0.761. The molecule has 0 heterocycles. The molecule has 0 amide bonds. The number of benzene rings is 1. The Morgan fingerprint density at radius 1 is 1.24 bits per heavy atom. The molecule has 0 aliphatic rings. The van der Waals surface area contributed by atoms with E-state index in [0.29, 0.717) is 12.8 Å². The van der Waals surface area contributed by atoms with Crippen LogP contribution in [0.3, 0.4) is 0 Å². The number of Topliss-reactive ketones (excluding diaryl/α,β-unsaturated/α-hetero) is 1. The third-order valence-electron chi connectivity index (χ3n) is 2.93. The van der Waals surface area contributed by atoms with Gasteiger partial charge in [-0.3, -0.25) is 4.79 Å². The molecular weight excluding hydrogens is 216 g/mol. The molecule has 1 aromatic carbocycles. The molecule has 1 aromatic rings. The summed E-state index contributed by atoms with van der Waals surface area (Å²) in [5.74, 6) is 1.92. The van der Waals surface area contributed by atoms with E-state index in [-0.39, 0.29) is 5.78 Å². The monoisotopic (exact) mass is 236 g/mol. The van der Waals surface area contributed by atoms with E-state index in [9.17, 15) is 4.79 Å². The second-order valence-corrected chi connectivity index (χ2v) is 3.98. The fourth-order valence-corrected chi connectivity index (χ4v) is 1.88. The van der Waals surface area contributed by atoms with E-state index < -0.39 is 0 Å².